The number of β-lactam (4-membered cyclic amide) rings is 2. The van der Waals surface area contributed by atoms with Gasteiger partial charge in [0, 0.05) is 46.1 Å². The minimum atomic E-state index is -0.879. The van der Waals surface area contributed by atoms with Gasteiger partial charge in [0.2, 0.25) is 11.8 Å². The monoisotopic (exact) mass is 872 g/mol. The Balaban J connectivity index is 0.000000232. The summed E-state index contributed by atoms with van der Waals surface area (Å²) in [6.45, 7) is 8.00. The normalized spacial score (nSPS) is 17.0. The number of hydrogen-bond donors (Lipinski definition) is 3. The summed E-state index contributed by atoms with van der Waals surface area (Å²) in [5.74, 6) is -0.849. The van der Waals surface area contributed by atoms with Crippen LogP contribution in [0.4, 0.5) is 11.4 Å². The number of benzene rings is 2. The molecule has 4 heterocycles. The van der Waals surface area contributed by atoms with Gasteiger partial charge in [0.1, 0.15) is 9.75 Å². The van der Waals surface area contributed by atoms with Crippen molar-refractivity contribution in [3.8, 4) is 0 Å². The Kier molecular flexibility index (Phi) is 18.6. The summed E-state index contributed by atoms with van der Waals surface area (Å²) in [6.07, 6.45) is 13.7. The summed E-state index contributed by atoms with van der Waals surface area (Å²) in [4.78, 5) is 54.4. The molecule has 2 fully saturated rings. The van der Waals surface area contributed by atoms with Gasteiger partial charge in [-0.15, -0.1) is 22.7 Å². The van der Waals surface area contributed by atoms with Gasteiger partial charge in [0.05, 0.1) is 18.3 Å². The molecule has 0 bridgehead atoms. The summed E-state index contributed by atoms with van der Waals surface area (Å²) in [7, 11) is 0. The maximum atomic E-state index is 12.3. The first-order valence-electron chi connectivity index (χ1n) is 22.2. The van der Waals surface area contributed by atoms with Crippen LogP contribution in [0.3, 0.4) is 0 Å². The van der Waals surface area contributed by atoms with E-state index in [1.54, 1.807) is 6.07 Å². The van der Waals surface area contributed by atoms with Gasteiger partial charge in [-0.2, -0.15) is 0 Å². The summed E-state index contributed by atoms with van der Waals surface area (Å²) in [5, 5.41) is 29.6. The first-order chi connectivity index (χ1) is 29.4. The van der Waals surface area contributed by atoms with Crippen LogP contribution in [0.25, 0.3) is 0 Å². The fourth-order valence-electron chi connectivity index (χ4n) is 7.90. The lowest BCUT2D eigenvalue weighted by molar-refractivity contribution is -0.125. The maximum Gasteiger partial charge on any atom is 0.348 e. The number of carboxylic acids is 1. The van der Waals surface area contributed by atoms with Crippen LogP contribution >= 0.6 is 22.7 Å². The second kappa shape index (κ2) is 23.7. The number of unbranched alkanes of at least 4 members (excludes halogenated alkanes) is 4. The highest BCUT2D eigenvalue weighted by Gasteiger charge is 2.37. The first-order valence-corrected chi connectivity index (χ1v) is 23.8. The lowest BCUT2D eigenvalue weighted by Gasteiger charge is -2.40. The Morgan fingerprint density at radius 1 is 0.639 bits per heavy atom. The zero-order chi connectivity index (χ0) is 43.9. The molecule has 10 nitrogen and oxygen atoms in total. The average molecular weight is 873 g/mol. The average Bonchev–Trinajstić information content (AvgIpc) is 3.92. The van der Waals surface area contributed by atoms with Crippen LogP contribution in [0.5, 0.6) is 0 Å². The number of rotatable bonds is 23. The van der Waals surface area contributed by atoms with Crippen molar-refractivity contribution in [2.45, 2.75) is 161 Å². The number of aromatic carboxylic acids is 1. The zero-order valence-electron chi connectivity index (χ0n) is 36.2. The van der Waals surface area contributed by atoms with Crippen LogP contribution in [0.15, 0.2) is 72.8 Å². The van der Waals surface area contributed by atoms with Gasteiger partial charge in [-0.05, 0) is 125 Å². The molecule has 0 radical (unpaired) electrons. The molecule has 2 amide bonds. The predicted molar refractivity (Wildman–Crippen MR) is 245 cm³/mol. The summed E-state index contributed by atoms with van der Waals surface area (Å²) >= 11 is 2.81. The van der Waals surface area contributed by atoms with Crippen LogP contribution in [0, 0.1) is 0 Å². The molecule has 2 aromatic heterocycles. The van der Waals surface area contributed by atoms with Crippen molar-refractivity contribution in [2.24, 2.45) is 0 Å². The van der Waals surface area contributed by atoms with E-state index in [9.17, 15) is 29.4 Å². The lowest BCUT2D eigenvalue weighted by atomic mass is 9.94. The molecule has 2 unspecified atom stereocenters. The van der Waals surface area contributed by atoms with E-state index in [-0.39, 0.29) is 36.0 Å². The molecule has 2 saturated heterocycles. The number of aryl methyl sites for hydroxylation is 2. The number of ether oxygens (including phenoxy) is 1. The SMILES string of the molecule is CCCCCC(O)c1ccc(N2C(=O)C[C@@H]2CCCc2ccc(C(=O)O)s2)cc1.CCCCCC(O)c1ccc(N2C(=O)C[C@@H]2CCCc2ccc(C(=O)OC(C)C)s2)cc1. The highest BCUT2D eigenvalue weighted by atomic mass is 32.1. The van der Waals surface area contributed by atoms with E-state index in [0.29, 0.717) is 22.6 Å². The van der Waals surface area contributed by atoms with Crippen molar-refractivity contribution in [1.82, 2.24) is 0 Å². The Hall–Kier alpha value is -4.36. The fourth-order valence-corrected chi connectivity index (χ4v) is 9.73. The highest BCUT2D eigenvalue weighted by Crippen LogP contribution is 2.34. The third kappa shape index (κ3) is 13.8. The molecule has 4 aromatic rings. The van der Waals surface area contributed by atoms with Crippen molar-refractivity contribution in [2.75, 3.05) is 9.80 Å². The largest absolute Gasteiger partial charge is 0.477 e. The van der Waals surface area contributed by atoms with E-state index in [4.69, 9.17) is 9.84 Å². The molecule has 2 aliphatic heterocycles. The van der Waals surface area contributed by atoms with Crippen molar-refractivity contribution in [1.29, 1.82) is 0 Å². The number of anilines is 2. The van der Waals surface area contributed by atoms with Crippen LogP contribution in [-0.2, 0) is 27.2 Å². The van der Waals surface area contributed by atoms with Crippen molar-refractivity contribution >= 4 is 57.8 Å². The maximum absolute atomic E-state index is 12.3. The summed E-state index contributed by atoms with van der Waals surface area (Å²) in [5.41, 5.74) is 3.62. The number of aliphatic hydroxyl groups is 2. The van der Waals surface area contributed by atoms with Gasteiger partial charge in [0.15, 0.2) is 0 Å². The van der Waals surface area contributed by atoms with E-state index in [0.717, 1.165) is 117 Å². The quantitative estimate of drug-likeness (QED) is 0.0379. The summed E-state index contributed by atoms with van der Waals surface area (Å²) < 4.78 is 5.25. The van der Waals surface area contributed by atoms with E-state index in [1.165, 1.54) is 27.6 Å². The lowest BCUT2D eigenvalue weighted by Crippen LogP contribution is -2.52. The molecule has 61 heavy (non-hydrogen) atoms. The number of esters is 1. The third-order valence-electron chi connectivity index (χ3n) is 11.4. The van der Waals surface area contributed by atoms with Crippen LogP contribution in [0.2, 0.25) is 0 Å². The Morgan fingerprint density at radius 2 is 1.07 bits per heavy atom. The molecule has 12 heteroatoms. The van der Waals surface area contributed by atoms with Gasteiger partial charge >= 0.3 is 11.9 Å². The third-order valence-corrected chi connectivity index (χ3v) is 13.6. The van der Waals surface area contributed by atoms with Crippen LogP contribution in [-0.4, -0.2) is 57.3 Å². The van der Waals surface area contributed by atoms with Gasteiger partial charge in [-0.3, -0.25) is 9.59 Å². The summed E-state index contributed by atoms with van der Waals surface area (Å²) in [6, 6.07) is 23.3. The molecular weight excluding hydrogens is 809 g/mol. The number of hydrogen-bond acceptors (Lipinski definition) is 9. The van der Waals surface area contributed by atoms with Crippen LogP contribution < -0.4 is 9.80 Å². The number of nitrogens with zero attached hydrogens (tertiary/aromatic N) is 2. The number of carboxylic acid groups (broad SMARTS) is 1. The standard InChI is InChI=1S/C26H35NO4S.C23H29NO4S/c1-4-5-6-10-23(28)19-11-13-20(14-12-19)27-21(17-25(27)29)8-7-9-22-15-16-24(32-22)26(30)31-18(2)3;1-2-3-4-8-20(25)16-9-11-17(12-10-16)24-18(15-22(24)26)6-5-7-19-13-14-21(29-19)23(27)28/h11-16,18,21,23,28H,4-10,17H2,1-3H3;9-14,18,20,25H,2-8,15H2,1H3,(H,27,28)/t21-,23?;18-,20?/m00/s1. The number of aliphatic hydroxyl groups excluding tert-OH is 2. The molecule has 3 N–H and O–H groups in total. The molecule has 2 aromatic carbocycles. The minimum Gasteiger partial charge on any atom is -0.477 e. The molecular formula is C49H64N2O8S2. The topological polar surface area (TPSA) is 145 Å². The van der Waals surface area contributed by atoms with E-state index in [2.05, 4.69) is 13.8 Å². The van der Waals surface area contributed by atoms with Crippen molar-refractivity contribution in [3.05, 3.63) is 103 Å². The minimum absolute atomic E-state index is 0.117. The number of carbonyl (C=O) groups is 4. The Labute approximate surface area is 369 Å². The van der Waals surface area contributed by atoms with Gasteiger partial charge in [-0.25, -0.2) is 9.59 Å². The van der Waals surface area contributed by atoms with Crippen molar-refractivity contribution in [3.63, 3.8) is 0 Å². The van der Waals surface area contributed by atoms with E-state index in [1.807, 2.05) is 90.4 Å². The molecule has 2 aliphatic rings. The predicted octanol–water partition coefficient (Wildman–Crippen LogP) is 11.2. The highest BCUT2D eigenvalue weighted by molar-refractivity contribution is 7.14. The number of carbonyl (C=O) groups excluding carboxylic acids is 3. The molecule has 0 saturated carbocycles. The molecule has 0 aliphatic carbocycles. The zero-order valence-corrected chi connectivity index (χ0v) is 37.9. The number of thiophene rings is 2. The van der Waals surface area contributed by atoms with E-state index < -0.39 is 18.2 Å². The molecule has 4 atom stereocenters. The Bertz CT molecular complexity index is 2010. The van der Waals surface area contributed by atoms with E-state index >= 15 is 0 Å². The number of amides is 2. The second-order valence-corrected chi connectivity index (χ2v) is 18.9. The van der Waals surface area contributed by atoms with Gasteiger partial charge in [0.25, 0.3) is 0 Å². The molecule has 0 spiro atoms. The van der Waals surface area contributed by atoms with Crippen LogP contribution in [0.1, 0.15) is 170 Å². The molecule has 330 valence electrons. The van der Waals surface area contributed by atoms with Gasteiger partial charge < -0.3 is 29.9 Å². The van der Waals surface area contributed by atoms with Crippen molar-refractivity contribution < 1.29 is 39.2 Å². The smallest absolute Gasteiger partial charge is 0.348 e. The fraction of sp³-hybridized carbons (Fsp3) is 0.510. The molecule has 6 rings (SSSR count). The van der Waals surface area contributed by atoms with Gasteiger partial charge in [-0.1, -0.05) is 76.6 Å². The second-order valence-electron chi connectivity index (χ2n) is 16.5. The first kappa shape index (κ1) is 47.7. The Morgan fingerprint density at radius 3 is 1.44 bits per heavy atom.